The van der Waals surface area contributed by atoms with Gasteiger partial charge in [0.1, 0.15) is 11.2 Å². The van der Waals surface area contributed by atoms with Gasteiger partial charge in [-0.3, -0.25) is 0 Å². The Morgan fingerprint density at radius 1 is 0.314 bits per heavy atom. The molecule has 1 aromatic heterocycles. The van der Waals surface area contributed by atoms with Gasteiger partial charge in [-0.2, -0.15) is 0 Å². The van der Waals surface area contributed by atoms with Crippen LogP contribution in [-0.4, -0.2) is 0 Å². The van der Waals surface area contributed by atoms with E-state index in [1.165, 1.54) is 0 Å². The summed E-state index contributed by atoms with van der Waals surface area (Å²) in [5.74, 6) is 0. The molecular weight excluding hydrogens is 617 g/mol. The zero-order chi connectivity index (χ0) is 59.6. The molecule has 1 heteroatoms. The summed E-state index contributed by atoms with van der Waals surface area (Å²) in [6, 6.07) is -29.3. The third-order valence-corrected chi connectivity index (χ3v) is 8.57. The van der Waals surface area contributed by atoms with Gasteiger partial charge in [0, 0.05) is 10.8 Å². The standard InChI is InChI=1S/C50H30O/c1-2-14-33-28-36(25-24-31(33)12-1)47-38-18-7-9-20-40(38)48(41-21-10-8-19-39(41)47)44-30-35-16-4-3-15-34(35)29-43(44)42-22-11-23-45-50(42)49-37-17-6-5-13-32(37)26-27-46(49)51-45/h1-30H/i1D,2D,3D,4D,5D,6D,7D,8D,9D,10D,11D,12D,13D,14D,15D,16D,17D,18D,19D,20D,21D,22D,23D,24D,25D,26D,27D,28D,29D,30D. The van der Waals surface area contributed by atoms with Gasteiger partial charge in [-0.25, -0.2) is 0 Å². The average Bonchev–Trinajstić information content (AvgIpc) is 4.09. The number of fused-ring (bicyclic) bond motifs is 9. The zero-order valence-electron chi connectivity index (χ0n) is 55.4. The Labute approximate surface area is 336 Å². The van der Waals surface area contributed by atoms with E-state index < -0.39 is 290 Å². The zero-order valence-corrected chi connectivity index (χ0v) is 25.4. The molecule has 0 unspecified atom stereocenters. The number of benzene rings is 10. The summed E-state index contributed by atoms with van der Waals surface area (Å²) < 4.78 is 281. The molecule has 0 radical (unpaired) electrons. The second kappa shape index (κ2) is 10.9. The molecule has 0 saturated carbocycles. The first-order chi connectivity index (χ1) is 37.8. The van der Waals surface area contributed by atoms with E-state index in [4.69, 9.17) is 27.7 Å². The maximum Gasteiger partial charge on any atom is 0.136 e. The minimum atomic E-state index is -1.10. The Balaban J connectivity index is 1.54. The highest BCUT2D eigenvalue weighted by atomic mass is 16.3. The van der Waals surface area contributed by atoms with Gasteiger partial charge in [0.05, 0.1) is 41.1 Å². The van der Waals surface area contributed by atoms with Gasteiger partial charge < -0.3 is 4.42 Å². The SMILES string of the molecule is [2H]c1c([2H])c(-c2c(-c3c4c([2H])c([2H])c([2H])c([2H])c4c(-c4c([2H])c([2H])c5c([2H])c([2H])c([2H])c([2H])c5c4[2H])c4c([2H])c([2H])c([2H])c([2H])c34)c([2H])c3c([2H])c([2H])c([2H])c([2H])c3c2[2H])c2c(oc3c([2H])c([2H])c4c([2H])c([2H])c([2H])c([2H])c4c32)c1[2H]. The Kier molecular flexibility index (Phi) is 2.50. The minimum absolute atomic E-state index is 0.530. The summed E-state index contributed by atoms with van der Waals surface area (Å²) in [6.45, 7) is 0. The molecule has 1 heterocycles. The van der Waals surface area contributed by atoms with Crippen LogP contribution in [0.25, 0.3) is 109 Å². The first-order valence-electron chi connectivity index (χ1n) is 30.2. The van der Waals surface area contributed by atoms with E-state index in [0.717, 1.165) is 0 Å². The van der Waals surface area contributed by atoms with Crippen LogP contribution in [0.4, 0.5) is 0 Å². The molecule has 0 N–H and O–H groups in total. The van der Waals surface area contributed by atoms with Crippen LogP contribution in [-0.2, 0) is 0 Å². The molecule has 1 nitrogen and oxygen atoms in total. The number of hydrogen-bond acceptors (Lipinski definition) is 1. The highest BCUT2D eigenvalue weighted by Crippen LogP contribution is 2.49. The minimum Gasteiger partial charge on any atom is -0.456 e. The van der Waals surface area contributed by atoms with Gasteiger partial charge in [0.2, 0.25) is 0 Å². The Morgan fingerprint density at radius 3 is 1.51 bits per heavy atom. The van der Waals surface area contributed by atoms with Crippen LogP contribution in [0, 0.1) is 0 Å². The van der Waals surface area contributed by atoms with Gasteiger partial charge in [-0.05, 0) is 117 Å². The fraction of sp³-hybridized carbons (Fsp3) is 0. The number of furan rings is 1. The summed E-state index contributed by atoms with van der Waals surface area (Å²) in [7, 11) is 0. The topological polar surface area (TPSA) is 13.1 Å². The highest BCUT2D eigenvalue weighted by Gasteiger charge is 2.22. The normalized spacial score (nSPS) is 20.2. The second-order valence-corrected chi connectivity index (χ2v) is 11.3. The van der Waals surface area contributed by atoms with Gasteiger partial charge in [0.25, 0.3) is 0 Å². The van der Waals surface area contributed by atoms with Crippen LogP contribution >= 0.6 is 0 Å². The van der Waals surface area contributed by atoms with Gasteiger partial charge in [0.15, 0.2) is 0 Å². The highest BCUT2D eigenvalue weighted by molar-refractivity contribution is 6.26. The summed E-state index contributed by atoms with van der Waals surface area (Å²) in [6.07, 6.45) is 0. The molecule has 0 atom stereocenters. The maximum atomic E-state index is 10.3. The molecule has 0 fully saturated rings. The van der Waals surface area contributed by atoms with Crippen molar-refractivity contribution >= 4 is 75.8 Å². The Morgan fingerprint density at radius 2 is 0.824 bits per heavy atom. The fourth-order valence-corrected chi connectivity index (χ4v) is 6.48. The van der Waals surface area contributed by atoms with Crippen LogP contribution in [0.5, 0.6) is 0 Å². The molecular formula is C50H30O. The molecule has 0 saturated heterocycles. The van der Waals surface area contributed by atoms with Gasteiger partial charge >= 0.3 is 0 Å². The van der Waals surface area contributed by atoms with Crippen LogP contribution in [0.2, 0.25) is 0 Å². The average molecular weight is 677 g/mol. The van der Waals surface area contributed by atoms with E-state index in [2.05, 4.69) is 0 Å². The lowest BCUT2D eigenvalue weighted by atomic mass is 9.82. The molecule has 0 aliphatic heterocycles. The smallest absolute Gasteiger partial charge is 0.136 e. The third-order valence-electron chi connectivity index (χ3n) is 8.57. The third kappa shape index (κ3) is 4.22. The van der Waals surface area contributed by atoms with Crippen molar-refractivity contribution in [2.45, 2.75) is 0 Å². The second-order valence-electron chi connectivity index (χ2n) is 11.3. The summed E-state index contributed by atoms with van der Waals surface area (Å²) in [4.78, 5) is 0. The van der Waals surface area contributed by atoms with Crippen molar-refractivity contribution in [2.24, 2.45) is 0 Å². The molecule has 11 aromatic rings. The first kappa shape index (κ1) is 11.7. The molecule has 0 spiro atoms. The van der Waals surface area contributed by atoms with Crippen molar-refractivity contribution in [3.63, 3.8) is 0 Å². The molecule has 51 heavy (non-hydrogen) atoms. The van der Waals surface area contributed by atoms with E-state index in [1.807, 2.05) is 0 Å². The monoisotopic (exact) mass is 676 g/mol. The maximum absolute atomic E-state index is 10.3. The molecule has 0 aliphatic rings. The fourth-order valence-electron chi connectivity index (χ4n) is 6.48. The molecule has 11 rings (SSSR count). The summed E-state index contributed by atoms with van der Waals surface area (Å²) >= 11 is 0. The lowest BCUT2D eigenvalue weighted by molar-refractivity contribution is 0.669. The predicted octanol–water partition coefficient (Wildman–Crippen LogP) is 14.4. The van der Waals surface area contributed by atoms with Crippen LogP contribution in [0.15, 0.2) is 186 Å². The van der Waals surface area contributed by atoms with E-state index in [1.54, 1.807) is 0 Å². The first-order valence-corrected chi connectivity index (χ1v) is 15.2. The molecule has 236 valence electrons. The van der Waals surface area contributed by atoms with Gasteiger partial charge in [-0.1, -0.05) is 151 Å². The van der Waals surface area contributed by atoms with Crippen molar-refractivity contribution < 1.29 is 45.5 Å². The molecule has 0 bridgehead atoms. The van der Waals surface area contributed by atoms with Crippen molar-refractivity contribution in [3.8, 4) is 33.4 Å². The van der Waals surface area contributed by atoms with Crippen LogP contribution in [0.1, 0.15) is 41.1 Å². The Hall–Kier alpha value is -6.70. The van der Waals surface area contributed by atoms with Crippen molar-refractivity contribution in [2.75, 3.05) is 0 Å². The molecule has 0 amide bonds. The quantitative estimate of drug-likeness (QED) is 0.170. The lowest BCUT2D eigenvalue weighted by Crippen LogP contribution is -1.93. The molecule has 0 aliphatic carbocycles. The van der Waals surface area contributed by atoms with E-state index in [-0.39, 0.29) is 0 Å². The largest absolute Gasteiger partial charge is 0.456 e. The molecule has 10 aromatic carbocycles. The lowest BCUT2D eigenvalue weighted by Gasteiger charge is -2.21. The van der Waals surface area contributed by atoms with Crippen LogP contribution < -0.4 is 0 Å². The summed E-state index contributed by atoms with van der Waals surface area (Å²) in [5, 5.41) is -8.56. The van der Waals surface area contributed by atoms with E-state index in [9.17, 15) is 17.8 Å². The summed E-state index contributed by atoms with van der Waals surface area (Å²) in [5.41, 5.74) is -6.59. The number of hydrogen-bond donors (Lipinski definition) is 0. The van der Waals surface area contributed by atoms with Crippen molar-refractivity contribution in [1.29, 1.82) is 0 Å². The van der Waals surface area contributed by atoms with Crippen LogP contribution in [0.3, 0.4) is 0 Å². The van der Waals surface area contributed by atoms with E-state index >= 15 is 0 Å². The Bertz CT molecular complexity index is 4850. The van der Waals surface area contributed by atoms with Crippen molar-refractivity contribution in [3.05, 3.63) is 181 Å². The predicted molar refractivity (Wildman–Crippen MR) is 218 cm³/mol. The van der Waals surface area contributed by atoms with E-state index in [0.29, 0.717) is 0 Å². The van der Waals surface area contributed by atoms with Gasteiger partial charge in [-0.15, -0.1) is 0 Å². The van der Waals surface area contributed by atoms with Crippen molar-refractivity contribution in [1.82, 2.24) is 0 Å². The number of rotatable bonds is 3.